The zero-order valence-electron chi connectivity index (χ0n) is 40.3. The molecule has 6 atom stereocenters. The van der Waals surface area contributed by atoms with E-state index in [9.17, 15) is 30.0 Å². The van der Waals surface area contributed by atoms with E-state index in [1.54, 1.807) is 77.7 Å². The molecule has 15 nitrogen and oxygen atoms in total. The minimum atomic E-state index is -1.63. The molecule has 2 N–H and O–H groups in total. The molecule has 1 saturated carbocycles. The summed E-state index contributed by atoms with van der Waals surface area (Å²) in [4.78, 5) is 34.6. The lowest BCUT2D eigenvalue weighted by Crippen LogP contribution is -2.70. The van der Waals surface area contributed by atoms with Crippen molar-refractivity contribution in [2.45, 2.75) is 82.5 Å². The van der Waals surface area contributed by atoms with Crippen LogP contribution < -0.4 is 18.9 Å². The maximum absolute atomic E-state index is 15.6. The number of hydrogen-bond acceptors (Lipinski definition) is 13. The lowest BCUT2D eigenvalue weighted by Gasteiger charge is -2.60. The number of hydrogen-bond donors (Lipinski definition) is 2. The highest BCUT2D eigenvalue weighted by atomic mass is 19.1. The zero-order chi connectivity index (χ0) is 50.9. The van der Waals surface area contributed by atoms with E-state index in [1.165, 1.54) is 18.2 Å². The zero-order valence-corrected chi connectivity index (χ0v) is 40.3. The van der Waals surface area contributed by atoms with Gasteiger partial charge in [-0.1, -0.05) is 54.4 Å². The Morgan fingerprint density at radius 3 is 2.40 bits per heavy atom. The van der Waals surface area contributed by atoms with E-state index in [4.69, 9.17) is 33.7 Å². The number of allylic oxidation sites excluding steroid dienone is 1. The third kappa shape index (κ3) is 10.8. The highest BCUT2D eigenvalue weighted by molar-refractivity contribution is 6.03. The molecule has 5 aromatic rings. The standard InChI is InChI=1S/C57H57FN4O11/c1-2-27-71-57-53(61(56(65)40-18-13-37(32-59)14-19-40)33-39-17-23-51-52(28-39)70-36-69-51)31-49(60-72-34-38-15-20-43(21-16-38)62(66)67)46-29-41(9-5-7-25-63)45(11-6-8-26-64)54(55(46)57)47-30-44(22-24-50(47)73-57)68-35-42-10-3-4-12-48(42)58/h2-4,10,12-24,28-30,41,45,53-55,63-64H,1,5-9,11,25-27,31,33-36H2. The Hall–Kier alpha value is -7.58. The minimum Gasteiger partial charge on any atom is -0.489 e. The van der Waals surface area contributed by atoms with E-state index in [0.29, 0.717) is 83.1 Å². The number of fused-ring (bicyclic) bond motifs is 3. The topological polar surface area (TPSA) is 195 Å². The van der Waals surface area contributed by atoms with Gasteiger partial charge in [-0.05, 0) is 127 Å². The molecule has 1 fully saturated rings. The van der Waals surface area contributed by atoms with Gasteiger partial charge in [0.1, 0.15) is 36.6 Å². The summed E-state index contributed by atoms with van der Waals surface area (Å²) < 4.78 is 47.4. The van der Waals surface area contributed by atoms with Crippen molar-refractivity contribution < 1.29 is 52.8 Å². The SMILES string of the molecule is C=CCOC12Oc3ccc(OCc4ccccc4F)cc3C3C(CCCCO)C(CCCCO)C=C(C(=NOCc4ccc([N+](=O)[O-])cc4)CC1N(Cc1ccc4c(c1)OCO4)C(=O)c1ccc(C#N)cc1)C32. The van der Waals surface area contributed by atoms with Gasteiger partial charge < -0.3 is 43.6 Å². The maximum atomic E-state index is 15.6. The molecule has 16 heteroatoms. The van der Waals surface area contributed by atoms with Crippen molar-refractivity contribution >= 4 is 17.3 Å². The molecule has 0 radical (unpaired) electrons. The summed E-state index contributed by atoms with van der Waals surface area (Å²) in [6, 6.07) is 31.2. The molecule has 0 saturated heterocycles. The Morgan fingerprint density at radius 1 is 0.918 bits per heavy atom. The monoisotopic (exact) mass is 992 g/mol. The van der Waals surface area contributed by atoms with Crippen molar-refractivity contribution in [3.05, 3.63) is 183 Å². The number of halogens is 1. The van der Waals surface area contributed by atoms with Gasteiger partial charge in [0, 0.05) is 60.9 Å². The van der Waals surface area contributed by atoms with E-state index < -0.39 is 28.6 Å². The Labute approximate surface area is 422 Å². The van der Waals surface area contributed by atoms with Crippen molar-refractivity contribution in [3.8, 4) is 29.1 Å². The fraction of sp³-hybridized carbons (Fsp3) is 0.351. The summed E-state index contributed by atoms with van der Waals surface area (Å²) in [5.74, 6) is -1.57. The number of aliphatic hydroxyl groups is 2. The second kappa shape index (κ2) is 22.9. The number of nitriles is 1. The number of nitrogens with zero attached hydrogens (tertiary/aromatic N) is 4. The highest BCUT2D eigenvalue weighted by Gasteiger charge is 2.65. The van der Waals surface area contributed by atoms with Gasteiger partial charge in [0.05, 0.1) is 34.8 Å². The predicted octanol–water partition coefficient (Wildman–Crippen LogP) is 10.1. The third-order valence-electron chi connectivity index (χ3n) is 14.2. The Morgan fingerprint density at radius 2 is 1.66 bits per heavy atom. The van der Waals surface area contributed by atoms with Gasteiger partial charge in [0.15, 0.2) is 11.5 Å². The van der Waals surface area contributed by atoms with Crippen LogP contribution in [0, 0.1) is 45.0 Å². The van der Waals surface area contributed by atoms with Crippen molar-refractivity contribution in [1.29, 1.82) is 5.26 Å². The van der Waals surface area contributed by atoms with Crippen LogP contribution in [0.15, 0.2) is 139 Å². The van der Waals surface area contributed by atoms with E-state index >= 15 is 4.79 Å². The van der Waals surface area contributed by atoms with E-state index in [0.717, 1.165) is 23.1 Å². The number of nitro groups is 1. The van der Waals surface area contributed by atoms with Crippen molar-refractivity contribution in [2.24, 2.45) is 22.9 Å². The van der Waals surface area contributed by atoms with Crippen LogP contribution in [-0.2, 0) is 29.3 Å². The largest absolute Gasteiger partial charge is 0.489 e. The molecule has 378 valence electrons. The summed E-state index contributed by atoms with van der Waals surface area (Å²) in [7, 11) is 0. The normalized spacial score (nSPS) is 21.7. The quantitative estimate of drug-likeness (QED) is 0.0289. The molecule has 73 heavy (non-hydrogen) atoms. The molecule has 2 heterocycles. The average molecular weight is 993 g/mol. The van der Waals surface area contributed by atoms with Gasteiger partial charge in [-0.25, -0.2) is 4.39 Å². The number of ether oxygens (including phenoxy) is 5. The number of rotatable bonds is 22. The lowest BCUT2D eigenvalue weighted by molar-refractivity contribution is -0.384. The second-order valence-corrected chi connectivity index (χ2v) is 18.7. The van der Waals surface area contributed by atoms with Crippen molar-refractivity contribution in [2.75, 3.05) is 26.6 Å². The summed E-state index contributed by atoms with van der Waals surface area (Å²) in [5.41, 5.74) is 4.52. The van der Waals surface area contributed by atoms with Crippen molar-refractivity contribution in [3.63, 3.8) is 0 Å². The first kappa shape index (κ1) is 50.4. The highest BCUT2D eigenvalue weighted by Crippen LogP contribution is 2.62. The molecule has 9 rings (SSSR count). The third-order valence-corrected chi connectivity index (χ3v) is 14.2. The van der Waals surface area contributed by atoms with Crippen LogP contribution in [0.1, 0.15) is 89.0 Å². The fourth-order valence-electron chi connectivity index (χ4n) is 10.8. The number of non-ortho nitro benzene ring substituents is 1. The van der Waals surface area contributed by atoms with Gasteiger partial charge in [0.25, 0.3) is 11.6 Å². The maximum Gasteiger partial charge on any atom is 0.269 e. The number of nitro benzene ring substituents is 1. The van der Waals surface area contributed by atoms with Gasteiger partial charge in [-0.2, -0.15) is 5.26 Å². The van der Waals surface area contributed by atoms with E-state index in [1.807, 2.05) is 24.3 Å². The summed E-state index contributed by atoms with van der Waals surface area (Å²) in [6.45, 7) is 4.14. The van der Waals surface area contributed by atoms with Crippen LogP contribution in [0.5, 0.6) is 23.0 Å². The van der Waals surface area contributed by atoms with Crippen LogP contribution in [0.3, 0.4) is 0 Å². The molecule has 4 aliphatic rings. The lowest BCUT2D eigenvalue weighted by atomic mass is 9.55. The van der Waals surface area contributed by atoms with Crippen molar-refractivity contribution in [1.82, 2.24) is 4.90 Å². The van der Waals surface area contributed by atoms with Crippen LogP contribution in [0.2, 0.25) is 0 Å². The Kier molecular flexibility index (Phi) is 15.8. The van der Waals surface area contributed by atoms with Gasteiger partial charge in [-0.15, -0.1) is 6.58 Å². The first-order chi connectivity index (χ1) is 35.6. The number of amides is 1. The molecule has 0 aromatic heterocycles. The molecule has 0 spiro atoms. The van der Waals surface area contributed by atoms with Crippen LogP contribution >= 0.6 is 0 Å². The molecule has 2 aliphatic carbocycles. The average Bonchev–Trinajstić information content (AvgIpc) is 3.89. The van der Waals surface area contributed by atoms with Gasteiger partial charge >= 0.3 is 0 Å². The molecule has 2 aliphatic heterocycles. The predicted molar refractivity (Wildman–Crippen MR) is 267 cm³/mol. The first-order valence-electron chi connectivity index (χ1n) is 24.6. The Bertz CT molecular complexity index is 2900. The minimum absolute atomic E-state index is 0.00839. The van der Waals surface area contributed by atoms with Crippen LogP contribution in [0.4, 0.5) is 10.1 Å². The molecule has 5 aromatic carbocycles. The Balaban J connectivity index is 1.25. The van der Waals surface area contributed by atoms with Crippen LogP contribution in [0.25, 0.3) is 0 Å². The molecular formula is C57H57FN4O11. The number of carbonyl (C=O) groups excluding carboxylic acids is 1. The summed E-state index contributed by atoms with van der Waals surface area (Å²) in [6.07, 6.45) is 7.91. The van der Waals surface area contributed by atoms with Crippen LogP contribution in [-0.4, -0.2) is 70.1 Å². The fourth-order valence-corrected chi connectivity index (χ4v) is 10.8. The molecule has 0 bridgehead atoms. The van der Waals surface area contributed by atoms with E-state index in [-0.39, 0.29) is 82.0 Å². The number of oxime groups is 1. The van der Waals surface area contributed by atoms with Gasteiger partial charge in [0.2, 0.25) is 12.6 Å². The smallest absolute Gasteiger partial charge is 0.269 e. The van der Waals surface area contributed by atoms with Gasteiger partial charge in [-0.3, -0.25) is 14.9 Å². The molecule has 1 amide bonds. The molecular weight excluding hydrogens is 936 g/mol. The van der Waals surface area contributed by atoms with E-state index in [2.05, 4.69) is 18.7 Å². The second-order valence-electron chi connectivity index (χ2n) is 18.7. The summed E-state index contributed by atoms with van der Waals surface area (Å²) in [5, 5.41) is 46.3. The molecule has 6 unspecified atom stereocenters. The number of carbonyl (C=O) groups is 1. The first-order valence-corrected chi connectivity index (χ1v) is 24.6. The number of aliphatic hydroxyl groups excluding tert-OH is 2. The number of unbranched alkanes of at least 4 members (excludes halogenated alkanes) is 2. The summed E-state index contributed by atoms with van der Waals surface area (Å²) >= 11 is 0. The number of benzene rings is 5.